The van der Waals surface area contributed by atoms with E-state index in [9.17, 15) is 9.59 Å². The van der Waals surface area contributed by atoms with Gasteiger partial charge in [-0.15, -0.1) is 0 Å². The molecule has 2 unspecified atom stereocenters. The number of nitrogens with zero attached hydrogens (tertiary/aromatic N) is 6. The molecular weight excluding hydrogens is 576 g/mol. The smallest absolute Gasteiger partial charge is 0.321 e. The first-order valence-corrected chi connectivity index (χ1v) is 14.9. The second-order valence-corrected chi connectivity index (χ2v) is 11.0. The van der Waals surface area contributed by atoms with E-state index in [2.05, 4.69) is 25.5 Å². The summed E-state index contributed by atoms with van der Waals surface area (Å²) in [5, 5.41) is 6.09. The van der Waals surface area contributed by atoms with E-state index in [1.165, 1.54) is 0 Å². The van der Waals surface area contributed by atoms with Crippen molar-refractivity contribution in [3.63, 3.8) is 0 Å². The molecule has 0 spiro atoms. The second kappa shape index (κ2) is 13.1. The third-order valence-electron chi connectivity index (χ3n) is 7.83. The third-order valence-corrected chi connectivity index (χ3v) is 7.83. The number of anilines is 2. The van der Waals surface area contributed by atoms with Crippen molar-refractivity contribution in [1.29, 1.82) is 0 Å². The molecule has 2 aromatic heterocycles. The fourth-order valence-corrected chi connectivity index (χ4v) is 5.50. The van der Waals surface area contributed by atoms with Crippen molar-refractivity contribution in [2.45, 2.75) is 32.4 Å². The molecule has 6 rings (SSSR count). The molecule has 1 saturated heterocycles. The lowest BCUT2D eigenvalue weighted by Crippen LogP contribution is -2.57. The average Bonchev–Trinajstić information content (AvgIpc) is 3.60. The molecule has 2 aromatic carbocycles. The molecule has 13 nitrogen and oxygen atoms in total. The Kier molecular flexibility index (Phi) is 8.67. The second-order valence-electron chi connectivity index (χ2n) is 11.0. The molecule has 2 N–H and O–H groups in total. The van der Waals surface area contributed by atoms with Gasteiger partial charge in [0.05, 0.1) is 19.2 Å². The van der Waals surface area contributed by atoms with Gasteiger partial charge < -0.3 is 34.6 Å². The number of methoxy groups -OCH3 is 1. The molecule has 13 heteroatoms. The summed E-state index contributed by atoms with van der Waals surface area (Å²) in [6.45, 7) is 6.08. The number of aryl methyl sites for hydroxylation is 1. The van der Waals surface area contributed by atoms with E-state index in [1.807, 2.05) is 38.1 Å². The largest absolute Gasteiger partial charge is 0.497 e. The zero-order chi connectivity index (χ0) is 31.3. The number of imidazole rings is 1. The monoisotopic (exact) mass is 612 g/mol. The van der Waals surface area contributed by atoms with Gasteiger partial charge in [-0.2, -0.15) is 4.98 Å². The molecule has 0 saturated carbocycles. The number of fused-ring (bicyclic) bond motifs is 1. The standard InChI is InChI=1S/C32H36N8O5/c1-21-16-29(37-31(34-21)39-11-10-33-20-39)40-13-12-38(32(42)36-24-5-7-26(43-3)8-6-24)19-25(40)18-30(41)35-22(2)23-4-9-27-28(17-23)45-15-14-44-27/h4-11,16-17,20,22,25H,12-15,18-19H2,1-3H3,(H,35,41)(H,36,42). The Bertz CT molecular complexity index is 1650. The first kappa shape index (κ1) is 29.7. The quantitative estimate of drug-likeness (QED) is 0.305. The normalized spacial score (nSPS) is 16.6. The Morgan fingerprint density at radius 3 is 2.60 bits per heavy atom. The van der Waals surface area contributed by atoms with Crippen molar-refractivity contribution in [3.8, 4) is 23.2 Å². The number of hydrogen-bond acceptors (Lipinski definition) is 9. The Morgan fingerprint density at radius 1 is 1.04 bits per heavy atom. The van der Waals surface area contributed by atoms with Crippen LogP contribution in [0, 0.1) is 6.92 Å². The molecule has 3 amide bonds. The highest BCUT2D eigenvalue weighted by Crippen LogP contribution is 2.33. The molecule has 1 fully saturated rings. The number of carbonyl (C=O) groups excluding carboxylic acids is 2. The molecule has 0 radical (unpaired) electrons. The van der Waals surface area contributed by atoms with Gasteiger partial charge >= 0.3 is 6.03 Å². The highest BCUT2D eigenvalue weighted by Gasteiger charge is 2.33. The van der Waals surface area contributed by atoms with Crippen LogP contribution in [-0.4, -0.2) is 82.4 Å². The highest BCUT2D eigenvalue weighted by molar-refractivity contribution is 5.89. The molecule has 234 valence electrons. The van der Waals surface area contributed by atoms with Gasteiger partial charge in [-0.3, -0.25) is 9.36 Å². The van der Waals surface area contributed by atoms with E-state index in [-0.39, 0.29) is 30.4 Å². The maximum atomic E-state index is 13.5. The predicted octanol–water partition coefficient (Wildman–Crippen LogP) is 3.74. The number of benzene rings is 2. The van der Waals surface area contributed by atoms with Crippen molar-refractivity contribution in [3.05, 3.63) is 78.5 Å². The minimum absolute atomic E-state index is 0.144. The lowest BCUT2D eigenvalue weighted by Gasteiger charge is -2.42. The van der Waals surface area contributed by atoms with E-state index in [1.54, 1.807) is 59.6 Å². The number of urea groups is 1. The van der Waals surface area contributed by atoms with Gasteiger partial charge in [0, 0.05) is 55.9 Å². The first-order valence-electron chi connectivity index (χ1n) is 14.9. The van der Waals surface area contributed by atoms with Crippen LogP contribution >= 0.6 is 0 Å². The van der Waals surface area contributed by atoms with Crippen molar-refractivity contribution in [2.75, 3.05) is 50.2 Å². The maximum absolute atomic E-state index is 13.5. The SMILES string of the molecule is COc1ccc(NC(=O)N2CCN(c3cc(C)nc(-n4ccnc4)n3)C(CC(=O)NC(C)c3ccc4c(c3)OCCO4)C2)cc1. The van der Waals surface area contributed by atoms with Crippen LogP contribution in [0.25, 0.3) is 5.95 Å². The summed E-state index contributed by atoms with van der Waals surface area (Å²) >= 11 is 0. The molecule has 0 bridgehead atoms. The molecule has 4 aromatic rings. The number of hydrogen-bond donors (Lipinski definition) is 2. The van der Waals surface area contributed by atoms with Crippen molar-refractivity contribution in [1.82, 2.24) is 29.7 Å². The third kappa shape index (κ3) is 6.92. The molecule has 0 aliphatic carbocycles. The van der Waals surface area contributed by atoms with Crippen molar-refractivity contribution >= 4 is 23.4 Å². The number of amides is 3. The summed E-state index contributed by atoms with van der Waals surface area (Å²) in [7, 11) is 1.60. The van der Waals surface area contributed by atoms with Gasteiger partial charge in [0.2, 0.25) is 11.9 Å². The minimum Gasteiger partial charge on any atom is -0.497 e. The zero-order valence-electron chi connectivity index (χ0n) is 25.5. The predicted molar refractivity (Wildman–Crippen MR) is 167 cm³/mol. The molecule has 45 heavy (non-hydrogen) atoms. The zero-order valence-corrected chi connectivity index (χ0v) is 25.5. The summed E-state index contributed by atoms with van der Waals surface area (Å²) in [4.78, 5) is 44.2. The van der Waals surface area contributed by atoms with E-state index in [0.717, 1.165) is 11.3 Å². The van der Waals surface area contributed by atoms with Crippen molar-refractivity contribution in [2.24, 2.45) is 0 Å². The van der Waals surface area contributed by atoms with Crippen molar-refractivity contribution < 1.29 is 23.8 Å². The van der Waals surface area contributed by atoms with Crippen LogP contribution < -0.4 is 29.7 Å². The topological polar surface area (TPSA) is 136 Å². The summed E-state index contributed by atoms with van der Waals surface area (Å²) < 4.78 is 18.3. The number of carbonyl (C=O) groups is 2. The van der Waals surface area contributed by atoms with Gasteiger partial charge in [-0.1, -0.05) is 6.07 Å². The number of ether oxygens (including phenoxy) is 3. The Hall–Kier alpha value is -5.33. The first-order chi connectivity index (χ1) is 21.9. The molecule has 2 aliphatic rings. The summed E-state index contributed by atoms with van der Waals surface area (Å²) in [6.07, 6.45) is 5.24. The summed E-state index contributed by atoms with van der Waals surface area (Å²) in [6, 6.07) is 13.9. The van der Waals surface area contributed by atoms with Gasteiger partial charge in [-0.25, -0.2) is 14.8 Å². The minimum atomic E-state index is -0.349. The van der Waals surface area contributed by atoms with Crippen LogP contribution in [0.1, 0.15) is 30.6 Å². The highest BCUT2D eigenvalue weighted by atomic mass is 16.6. The van der Waals surface area contributed by atoms with Crippen LogP contribution in [-0.2, 0) is 4.79 Å². The number of aromatic nitrogens is 4. The van der Waals surface area contributed by atoms with E-state index in [4.69, 9.17) is 19.2 Å². The number of nitrogens with one attached hydrogen (secondary N) is 2. The van der Waals surface area contributed by atoms with Gasteiger partial charge in [0.25, 0.3) is 0 Å². The lowest BCUT2D eigenvalue weighted by atomic mass is 10.0. The average molecular weight is 613 g/mol. The number of rotatable bonds is 8. The number of piperazine rings is 1. The Morgan fingerprint density at radius 2 is 1.84 bits per heavy atom. The fourth-order valence-electron chi connectivity index (χ4n) is 5.50. The van der Waals surface area contributed by atoms with Crippen LogP contribution in [0.5, 0.6) is 17.2 Å². The molecular formula is C32H36N8O5. The van der Waals surface area contributed by atoms with Crippen LogP contribution in [0.4, 0.5) is 16.3 Å². The fraction of sp³-hybridized carbons (Fsp3) is 0.344. The van der Waals surface area contributed by atoms with Crippen LogP contribution in [0.15, 0.2) is 67.3 Å². The van der Waals surface area contributed by atoms with E-state index in [0.29, 0.717) is 67.6 Å². The molecule has 2 atom stereocenters. The van der Waals surface area contributed by atoms with E-state index >= 15 is 0 Å². The molecule has 2 aliphatic heterocycles. The van der Waals surface area contributed by atoms with Crippen LogP contribution in [0.3, 0.4) is 0 Å². The Labute approximate surface area is 261 Å². The molecule has 4 heterocycles. The summed E-state index contributed by atoms with van der Waals surface area (Å²) in [5.74, 6) is 3.09. The maximum Gasteiger partial charge on any atom is 0.321 e. The van der Waals surface area contributed by atoms with E-state index < -0.39 is 0 Å². The van der Waals surface area contributed by atoms with Crippen LogP contribution in [0.2, 0.25) is 0 Å². The van der Waals surface area contributed by atoms with Gasteiger partial charge in [0.15, 0.2) is 11.5 Å². The Balaban J connectivity index is 1.20. The summed E-state index contributed by atoms with van der Waals surface area (Å²) in [5.41, 5.74) is 2.34. The van der Waals surface area contributed by atoms with Gasteiger partial charge in [-0.05, 0) is 55.8 Å². The lowest BCUT2D eigenvalue weighted by molar-refractivity contribution is -0.122. The van der Waals surface area contributed by atoms with Gasteiger partial charge in [0.1, 0.15) is 31.1 Å².